The average molecular weight is 414 g/mol. The van der Waals surface area contributed by atoms with Crippen molar-refractivity contribution in [3.05, 3.63) is 35.9 Å². The van der Waals surface area contributed by atoms with E-state index in [4.69, 9.17) is 19.0 Å². The Morgan fingerprint density at radius 2 is 2.08 bits per heavy atom. The van der Waals surface area contributed by atoms with Crippen LogP contribution in [-0.4, -0.2) is 47.0 Å². The van der Waals surface area contributed by atoms with Crippen molar-refractivity contribution in [2.24, 2.45) is 11.1 Å². The van der Waals surface area contributed by atoms with Gasteiger partial charge in [0.2, 0.25) is 0 Å². The third kappa shape index (κ3) is 4.60. The molecule has 2 aliphatic rings. The number of hydrogen-bond donors (Lipinski definition) is 1. The van der Waals surface area contributed by atoms with Gasteiger partial charge in [-0.2, -0.15) is 0 Å². The molecule has 0 aromatic heterocycles. The van der Waals surface area contributed by atoms with Crippen LogP contribution < -0.4 is 0 Å². The number of hydrogen-bond acceptors (Lipinski definition) is 6. The number of fused-ring (bicyclic) bond motifs is 1. The Labute approximate surface area is 156 Å². The van der Waals surface area contributed by atoms with Crippen LogP contribution in [0, 0.1) is 5.92 Å². The SMILES string of the molecule is CC1(C)O[C@H]2O[C@H]([C@@H](O)CBr)[C@@H](C/C=N/OCc3ccccc3)[C@H]2O1. The second-order valence-electron chi connectivity index (χ2n) is 6.74. The largest absolute Gasteiger partial charge is 0.391 e. The maximum absolute atomic E-state index is 10.2. The van der Waals surface area contributed by atoms with Crippen LogP contribution in [0.4, 0.5) is 0 Å². The van der Waals surface area contributed by atoms with Crippen molar-refractivity contribution >= 4 is 22.1 Å². The molecule has 6 nitrogen and oxygen atoms in total. The summed E-state index contributed by atoms with van der Waals surface area (Å²) in [5.74, 6) is -0.734. The lowest BCUT2D eigenvalue weighted by Gasteiger charge is -2.27. The number of halogens is 1. The molecular formula is C18H24BrNO5. The summed E-state index contributed by atoms with van der Waals surface area (Å²) in [5, 5.41) is 14.7. The van der Waals surface area contributed by atoms with Gasteiger partial charge in [-0.25, -0.2) is 0 Å². The van der Waals surface area contributed by atoms with E-state index in [1.165, 1.54) is 0 Å². The molecule has 1 aromatic carbocycles. The van der Waals surface area contributed by atoms with Crippen molar-refractivity contribution in [3.8, 4) is 0 Å². The highest BCUT2D eigenvalue weighted by Gasteiger charge is 2.55. The number of benzene rings is 1. The van der Waals surface area contributed by atoms with Crippen LogP contribution in [0.3, 0.4) is 0 Å². The summed E-state index contributed by atoms with van der Waals surface area (Å²) in [7, 11) is 0. The maximum Gasteiger partial charge on any atom is 0.187 e. The van der Waals surface area contributed by atoms with Crippen molar-refractivity contribution in [1.82, 2.24) is 0 Å². The molecule has 0 radical (unpaired) electrons. The molecule has 0 bridgehead atoms. The van der Waals surface area contributed by atoms with Gasteiger partial charge in [0.15, 0.2) is 12.1 Å². The van der Waals surface area contributed by atoms with Gasteiger partial charge in [-0.05, 0) is 25.8 Å². The van der Waals surface area contributed by atoms with Crippen LogP contribution in [0.5, 0.6) is 0 Å². The van der Waals surface area contributed by atoms with Crippen LogP contribution in [0.2, 0.25) is 0 Å². The number of ether oxygens (including phenoxy) is 3. The van der Waals surface area contributed by atoms with Crippen LogP contribution >= 0.6 is 15.9 Å². The predicted molar refractivity (Wildman–Crippen MR) is 96.3 cm³/mol. The van der Waals surface area contributed by atoms with E-state index in [0.717, 1.165) is 5.56 Å². The quantitative estimate of drug-likeness (QED) is 0.422. The zero-order valence-electron chi connectivity index (χ0n) is 14.4. The fraction of sp³-hybridized carbons (Fsp3) is 0.611. The second kappa shape index (κ2) is 8.14. The molecule has 25 heavy (non-hydrogen) atoms. The highest BCUT2D eigenvalue weighted by molar-refractivity contribution is 9.09. The summed E-state index contributed by atoms with van der Waals surface area (Å²) in [6.07, 6.45) is 0.591. The van der Waals surface area contributed by atoms with E-state index >= 15 is 0 Å². The number of aliphatic hydroxyl groups is 1. The molecule has 0 unspecified atom stereocenters. The van der Waals surface area contributed by atoms with Gasteiger partial charge in [-0.15, -0.1) is 0 Å². The Kier molecular flexibility index (Phi) is 6.12. The van der Waals surface area contributed by atoms with Gasteiger partial charge in [0.25, 0.3) is 0 Å². The number of nitrogens with zero attached hydrogens (tertiary/aromatic N) is 1. The van der Waals surface area contributed by atoms with Crippen LogP contribution in [0.1, 0.15) is 25.8 Å². The first-order valence-corrected chi connectivity index (χ1v) is 9.55. The van der Waals surface area contributed by atoms with E-state index in [9.17, 15) is 5.11 Å². The van der Waals surface area contributed by atoms with E-state index in [1.807, 2.05) is 44.2 Å². The summed E-state index contributed by atoms with van der Waals surface area (Å²) in [6.45, 7) is 4.14. The second-order valence-corrected chi connectivity index (χ2v) is 7.38. The lowest BCUT2D eigenvalue weighted by Crippen LogP contribution is -2.38. The monoisotopic (exact) mass is 413 g/mol. The number of alkyl halides is 1. The van der Waals surface area contributed by atoms with Crippen molar-refractivity contribution in [3.63, 3.8) is 0 Å². The van der Waals surface area contributed by atoms with E-state index in [-0.39, 0.29) is 18.1 Å². The lowest BCUT2D eigenvalue weighted by atomic mass is 9.92. The maximum atomic E-state index is 10.2. The summed E-state index contributed by atoms with van der Waals surface area (Å²) in [5.41, 5.74) is 1.06. The van der Waals surface area contributed by atoms with E-state index in [1.54, 1.807) is 6.21 Å². The molecular weight excluding hydrogens is 390 g/mol. The Morgan fingerprint density at radius 1 is 1.32 bits per heavy atom. The highest BCUT2D eigenvalue weighted by atomic mass is 79.9. The molecule has 138 valence electrons. The number of rotatable bonds is 7. The van der Waals surface area contributed by atoms with Crippen LogP contribution in [0.25, 0.3) is 0 Å². The fourth-order valence-corrected chi connectivity index (χ4v) is 3.60. The first-order valence-electron chi connectivity index (χ1n) is 8.43. The molecule has 5 atom stereocenters. The number of aliphatic hydroxyl groups excluding tert-OH is 1. The molecule has 3 rings (SSSR count). The lowest BCUT2D eigenvalue weighted by molar-refractivity contribution is -0.218. The molecule has 0 amide bonds. The predicted octanol–water partition coefficient (Wildman–Crippen LogP) is 2.83. The van der Waals surface area contributed by atoms with E-state index in [2.05, 4.69) is 21.1 Å². The molecule has 2 saturated heterocycles. The molecule has 1 N–H and O–H groups in total. The third-order valence-corrected chi connectivity index (χ3v) is 5.02. The van der Waals surface area contributed by atoms with E-state index in [0.29, 0.717) is 18.4 Å². The van der Waals surface area contributed by atoms with Crippen molar-refractivity contribution < 1.29 is 24.2 Å². The van der Waals surface area contributed by atoms with Crippen molar-refractivity contribution in [1.29, 1.82) is 0 Å². The summed E-state index contributed by atoms with van der Waals surface area (Å²) < 4.78 is 17.6. The third-order valence-electron chi connectivity index (χ3n) is 4.36. The Hall–Kier alpha value is -0.990. The standard InChI is InChI=1S/C18H24BrNO5/c1-18(2)24-16-13(15(14(21)10-19)23-17(16)25-18)8-9-20-22-11-12-6-4-3-5-7-12/h3-7,9,13-17,21H,8,10-11H2,1-2H3/b20-9+/t13-,14+,15+,16-,17-/m1/s1. The molecule has 0 saturated carbocycles. The topological polar surface area (TPSA) is 69.5 Å². The minimum Gasteiger partial charge on any atom is -0.391 e. The van der Waals surface area contributed by atoms with Crippen LogP contribution in [0.15, 0.2) is 35.5 Å². The van der Waals surface area contributed by atoms with Gasteiger partial charge in [0, 0.05) is 17.5 Å². The molecule has 0 aliphatic carbocycles. The molecule has 2 heterocycles. The number of oxime groups is 1. The van der Waals surface area contributed by atoms with Gasteiger partial charge < -0.3 is 24.2 Å². The minimum absolute atomic E-state index is 0.0524. The normalized spacial score (nSPS) is 32.0. The molecule has 0 spiro atoms. The first kappa shape index (κ1) is 18.8. The average Bonchev–Trinajstić information content (AvgIpc) is 3.07. The van der Waals surface area contributed by atoms with Gasteiger partial charge in [-0.3, -0.25) is 0 Å². The summed E-state index contributed by atoms with van der Waals surface area (Å²) in [4.78, 5) is 5.34. The zero-order chi connectivity index (χ0) is 17.9. The van der Waals surface area contributed by atoms with Crippen LogP contribution in [-0.2, 0) is 25.7 Å². The molecule has 2 aliphatic heterocycles. The van der Waals surface area contributed by atoms with E-state index < -0.39 is 18.2 Å². The smallest absolute Gasteiger partial charge is 0.187 e. The molecule has 2 fully saturated rings. The highest BCUT2D eigenvalue weighted by Crippen LogP contribution is 2.42. The van der Waals surface area contributed by atoms with Gasteiger partial charge in [0.1, 0.15) is 12.7 Å². The Bertz CT molecular complexity index is 582. The molecule has 1 aromatic rings. The Balaban J connectivity index is 1.56. The van der Waals surface area contributed by atoms with Gasteiger partial charge in [-0.1, -0.05) is 51.4 Å². The minimum atomic E-state index is -0.682. The molecule has 7 heteroatoms. The summed E-state index contributed by atoms with van der Waals surface area (Å²) in [6, 6.07) is 9.86. The first-order chi connectivity index (χ1) is 12.0. The van der Waals surface area contributed by atoms with Crippen molar-refractivity contribution in [2.75, 3.05) is 5.33 Å². The van der Waals surface area contributed by atoms with Gasteiger partial charge >= 0.3 is 0 Å². The van der Waals surface area contributed by atoms with Gasteiger partial charge in [0.05, 0.1) is 12.2 Å². The zero-order valence-corrected chi connectivity index (χ0v) is 16.0. The van der Waals surface area contributed by atoms with Crippen molar-refractivity contribution in [2.45, 2.75) is 57.3 Å². The Morgan fingerprint density at radius 3 is 2.80 bits per heavy atom. The fourth-order valence-electron chi connectivity index (χ4n) is 3.23. The summed E-state index contributed by atoms with van der Waals surface area (Å²) >= 11 is 3.30.